The van der Waals surface area contributed by atoms with Crippen molar-refractivity contribution >= 4 is 23.2 Å². The van der Waals surface area contributed by atoms with Gasteiger partial charge in [0, 0.05) is 5.02 Å². The quantitative estimate of drug-likeness (QED) is 0.683. The molecule has 0 amide bonds. The molecule has 0 fully saturated rings. The van der Waals surface area contributed by atoms with E-state index < -0.39 is 0 Å². The Bertz CT molecular complexity index is 434. The second-order valence-corrected chi connectivity index (χ2v) is 4.67. The summed E-state index contributed by atoms with van der Waals surface area (Å²) >= 11 is 12.2. The molecule has 0 nitrogen and oxygen atoms in total. The van der Waals surface area contributed by atoms with Gasteiger partial charge < -0.3 is 0 Å². The van der Waals surface area contributed by atoms with E-state index in [1.165, 1.54) is 5.56 Å². The second kappa shape index (κ2) is 5.38. The standard InChI is InChI=1S/C14H12Cl2/c15-13-8-6-11(7-9-13)10-14(16)12-4-2-1-3-5-12/h1-9,14H,10H2. The SMILES string of the molecule is Clc1ccc(CC(Cl)c2ccccc2)cc1. The van der Waals surface area contributed by atoms with E-state index in [1.807, 2.05) is 54.6 Å². The molecular formula is C14H12Cl2. The molecule has 1 atom stereocenters. The molecule has 0 aliphatic heterocycles. The molecule has 0 saturated carbocycles. The van der Waals surface area contributed by atoms with Crippen LogP contribution in [-0.4, -0.2) is 0 Å². The fraction of sp³-hybridized carbons (Fsp3) is 0.143. The van der Waals surface area contributed by atoms with Gasteiger partial charge in [-0.05, 0) is 29.7 Å². The Morgan fingerprint density at radius 2 is 1.50 bits per heavy atom. The molecule has 2 aromatic carbocycles. The molecule has 0 aliphatic rings. The summed E-state index contributed by atoms with van der Waals surface area (Å²) in [7, 11) is 0. The molecule has 2 heteroatoms. The first-order valence-electron chi connectivity index (χ1n) is 5.19. The van der Waals surface area contributed by atoms with E-state index in [2.05, 4.69) is 0 Å². The maximum absolute atomic E-state index is 6.35. The van der Waals surface area contributed by atoms with Gasteiger partial charge >= 0.3 is 0 Å². The monoisotopic (exact) mass is 250 g/mol. The van der Waals surface area contributed by atoms with Gasteiger partial charge in [-0.1, -0.05) is 54.1 Å². The van der Waals surface area contributed by atoms with E-state index in [1.54, 1.807) is 0 Å². The van der Waals surface area contributed by atoms with Crippen LogP contribution in [0.3, 0.4) is 0 Å². The Balaban J connectivity index is 2.08. The van der Waals surface area contributed by atoms with Gasteiger partial charge in [-0.3, -0.25) is 0 Å². The van der Waals surface area contributed by atoms with Gasteiger partial charge in [0.05, 0.1) is 5.38 Å². The molecule has 0 heterocycles. The van der Waals surface area contributed by atoms with Crippen molar-refractivity contribution in [2.75, 3.05) is 0 Å². The van der Waals surface area contributed by atoms with Crippen LogP contribution in [0.4, 0.5) is 0 Å². The van der Waals surface area contributed by atoms with Crippen molar-refractivity contribution in [3.8, 4) is 0 Å². The van der Waals surface area contributed by atoms with Crippen LogP contribution >= 0.6 is 23.2 Å². The Hall–Kier alpha value is -0.980. The van der Waals surface area contributed by atoms with Crippen LogP contribution in [0, 0.1) is 0 Å². The van der Waals surface area contributed by atoms with Gasteiger partial charge in [-0.15, -0.1) is 11.6 Å². The molecule has 0 aromatic heterocycles. The summed E-state index contributed by atoms with van der Waals surface area (Å²) in [5.74, 6) is 0. The molecule has 0 N–H and O–H groups in total. The van der Waals surface area contributed by atoms with Crippen LogP contribution in [0.25, 0.3) is 0 Å². The third kappa shape index (κ3) is 3.01. The van der Waals surface area contributed by atoms with Gasteiger partial charge in [0.15, 0.2) is 0 Å². The van der Waals surface area contributed by atoms with Crippen molar-refractivity contribution in [1.29, 1.82) is 0 Å². The highest BCUT2D eigenvalue weighted by Gasteiger charge is 2.07. The maximum Gasteiger partial charge on any atom is 0.0625 e. The lowest BCUT2D eigenvalue weighted by molar-refractivity contribution is 0.920. The summed E-state index contributed by atoms with van der Waals surface area (Å²) in [5, 5.41) is 0.775. The Labute approximate surface area is 106 Å². The minimum Gasteiger partial charge on any atom is -0.117 e. The zero-order valence-corrected chi connectivity index (χ0v) is 10.2. The summed E-state index contributed by atoms with van der Waals surface area (Å²) in [6, 6.07) is 17.9. The Kier molecular flexibility index (Phi) is 3.87. The van der Waals surface area contributed by atoms with Crippen molar-refractivity contribution in [2.45, 2.75) is 11.8 Å². The molecule has 16 heavy (non-hydrogen) atoms. The first kappa shape index (κ1) is 11.5. The zero-order chi connectivity index (χ0) is 11.4. The minimum absolute atomic E-state index is 0.0161. The van der Waals surface area contributed by atoms with Gasteiger partial charge in [-0.25, -0.2) is 0 Å². The van der Waals surface area contributed by atoms with Crippen molar-refractivity contribution < 1.29 is 0 Å². The van der Waals surface area contributed by atoms with E-state index in [0.29, 0.717) is 0 Å². The average molecular weight is 251 g/mol. The summed E-state index contributed by atoms with van der Waals surface area (Å²) in [6.07, 6.45) is 0.822. The number of rotatable bonds is 3. The molecule has 0 saturated heterocycles. The van der Waals surface area contributed by atoms with E-state index in [-0.39, 0.29) is 5.38 Å². The lowest BCUT2D eigenvalue weighted by atomic mass is 10.0. The van der Waals surface area contributed by atoms with Crippen LogP contribution in [0.15, 0.2) is 54.6 Å². The Morgan fingerprint density at radius 3 is 2.12 bits per heavy atom. The summed E-state index contributed by atoms with van der Waals surface area (Å²) in [4.78, 5) is 0. The van der Waals surface area contributed by atoms with Crippen LogP contribution in [-0.2, 0) is 6.42 Å². The highest BCUT2D eigenvalue weighted by molar-refractivity contribution is 6.30. The minimum atomic E-state index is 0.0161. The van der Waals surface area contributed by atoms with E-state index in [0.717, 1.165) is 17.0 Å². The third-order valence-electron chi connectivity index (χ3n) is 2.49. The fourth-order valence-corrected chi connectivity index (χ4v) is 2.06. The molecule has 2 aromatic rings. The van der Waals surface area contributed by atoms with E-state index >= 15 is 0 Å². The summed E-state index contributed by atoms with van der Waals surface area (Å²) in [6.45, 7) is 0. The van der Waals surface area contributed by atoms with Gasteiger partial charge in [-0.2, -0.15) is 0 Å². The normalized spacial score (nSPS) is 12.4. The molecule has 0 radical (unpaired) electrons. The predicted octanol–water partition coefficient (Wildman–Crippen LogP) is 4.86. The highest BCUT2D eigenvalue weighted by Crippen LogP contribution is 2.25. The van der Waals surface area contributed by atoms with Crippen LogP contribution < -0.4 is 0 Å². The van der Waals surface area contributed by atoms with Crippen LogP contribution in [0.1, 0.15) is 16.5 Å². The third-order valence-corrected chi connectivity index (χ3v) is 3.15. The second-order valence-electron chi connectivity index (χ2n) is 3.71. The number of alkyl halides is 1. The maximum atomic E-state index is 6.35. The number of hydrogen-bond donors (Lipinski definition) is 0. The first-order valence-corrected chi connectivity index (χ1v) is 6.00. The number of hydrogen-bond acceptors (Lipinski definition) is 0. The lowest BCUT2D eigenvalue weighted by Gasteiger charge is -2.09. The number of halogens is 2. The average Bonchev–Trinajstić information content (AvgIpc) is 2.33. The van der Waals surface area contributed by atoms with Crippen molar-refractivity contribution in [1.82, 2.24) is 0 Å². The summed E-state index contributed by atoms with van der Waals surface area (Å²) in [5.41, 5.74) is 2.35. The molecule has 0 aliphatic carbocycles. The summed E-state index contributed by atoms with van der Waals surface area (Å²) < 4.78 is 0. The Morgan fingerprint density at radius 1 is 0.875 bits per heavy atom. The molecule has 1 unspecified atom stereocenters. The lowest BCUT2D eigenvalue weighted by Crippen LogP contribution is -1.95. The first-order chi connectivity index (χ1) is 7.75. The fourth-order valence-electron chi connectivity index (χ4n) is 1.61. The van der Waals surface area contributed by atoms with Gasteiger partial charge in [0.2, 0.25) is 0 Å². The largest absolute Gasteiger partial charge is 0.117 e. The van der Waals surface area contributed by atoms with Gasteiger partial charge in [0.1, 0.15) is 0 Å². The van der Waals surface area contributed by atoms with Crippen LogP contribution in [0.5, 0.6) is 0 Å². The van der Waals surface area contributed by atoms with E-state index in [4.69, 9.17) is 23.2 Å². The topological polar surface area (TPSA) is 0 Å². The molecular weight excluding hydrogens is 239 g/mol. The smallest absolute Gasteiger partial charge is 0.0625 e. The van der Waals surface area contributed by atoms with Crippen molar-refractivity contribution in [3.05, 3.63) is 70.7 Å². The van der Waals surface area contributed by atoms with Crippen molar-refractivity contribution in [3.63, 3.8) is 0 Å². The van der Waals surface area contributed by atoms with Gasteiger partial charge in [0.25, 0.3) is 0 Å². The molecule has 0 spiro atoms. The molecule has 2 rings (SSSR count). The van der Waals surface area contributed by atoms with Crippen molar-refractivity contribution in [2.24, 2.45) is 0 Å². The molecule has 0 bridgehead atoms. The zero-order valence-electron chi connectivity index (χ0n) is 8.74. The number of benzene rings is 2. The van der Waals surface area contributed by atoms with Crippen LogP contribution in [0.2, 0.25) is 5.02 Å². The molecule has 82 valence electrons. The highest BCUT2D eigenvalue weighted by atomic mass is 35.5. The van der Waals surface area contributed by atoms with E-state index in [9.17, 15) is 0 Å². The predicted molar refractivity (Wildman–Crippen MR) is 70.2 cm³/mol.